The molecule has 3 nitrogen and oxygen atoms in total. The van der Waals surface area contributed by atoms with Crippen LogP contribution in [-0.4, -0.2) is 23.7 Å². The monoisotopic (exact) mass is 230 g/mol. The summed E-state index contributed by atoms with van der Waals surface area (Å²) in [6, 6.07) is 6.09. The van der Waals surface area contributed by atoms with Crippen LogP contribution >= 0.6 is 0 Å². The number of rotatable bonds is 1. The van der Waals surface area contributed by atoms with Gasteiger partial charge in [0.25, 0.3) is 0 Å². The summed E-state index contributed by atoms with van der Waals surface area (Å²) in [5, 5.41) is 2.42. The number of nitrogens with zero attached hydrogens (tertiary/aromatic N) is 1. The van der Waals surface area contributed by atoms with Gasteiger partial charge in [0.15, 0.2) is 0 Å². The second-order valence-corrected chi connectivity index (χ2v) is 3.56. The minimum Gasteiger partial charge on any atom is -0.311 e. The molecule has 1 aliphatic rings. The van der Waals surface area contributed by atoms with Crippen molar-refractivity contribution in [3.63, 3.8) is 0 Å². The first-order chi connectivity index (χ1) is 7.46. The molecule has 1 aromatic carbocycles. The second-order valence-electron chi connectivity index (χ2n) is 3.56. The topological polar surface area (TPSA) is 32.3 Å². The molecular weight excluding hydrogens is 221 g/mol. The number of nitrogens with one attached hydrogen (secondary N) is 1. The van der Waals surface area contributed by atoms with Gasteiger partial charge in [-0.3, -0.25) is 0 Å². The molecule has 0 bridgehead atoms. The van der Waals surface area contributed by atoms with Crippen molar-refractivity contribution < 1.29 is 18.0 Å². The first kappa shape index (κ1) is 10.8. The van der Waals surface area contributed by atoms with Crippen LogP contribution in [0.1, 0.15) is 5.56 Å². The Hall–Kier alpha value is -1.72. The third-order valence-electron chi connectivity index (χ3n) is 2.28. The Kier molecular flexibility index (Phi) is 2.49. The zero-order valence-corrected chi connectivity index (χ0v) is 8.21. The highest BCUT2D eigenvalue weighted by Crippen LogP contribution is 2.25. The van der Waals surface area contributed by atoms with Crippen LogP contribution in [0.4, 0.5) is 23.7 Å². The molecule has 0 unspecified atom stereocenters. The average molecular weight is 230 g/mol. The zero-order valence-electron chi connectivity index (χ0n) is 8.21. The van der Waals surface area contributed by atoms with Crippen LogP contribution in [0.25, 0.3) is 0 Å². The fourth-order valence-electron chi connectivity index (χ4n) is 1.60. The average Bonchev–Trinajstić information content (AvgIpc) is 2.17. The van der Waals surface area contributed by atoms with Gasteiger partial charge >= 0.3 is 12.2 Å². The van der Waals surface area contributed by atoms with Crippen molar-refractivity contribution in [2.45, 2.75) is 12.7 Å². The van der Waals surface area contributed by atoms with Crippen molar-refractivity contribution in [2.24, 2.45) is 0 Å². The molecule has 86 valence electrons. The van der Waals surface area contributed by atoms with E-state index in [1.54, 1.807) is 24.3 Å². The number of hydrogen-bond acceptors (Lipinski definition) is 1. The second kappa shape index (κ2) is 3.70. The van der Waals surface area contributed by atoms with E-state index in [-0.39, 0.29) is 6.54 Å². The SMILES string of the molecule is O=C1Nc2ccccc2CN1CC(F)(F)F. The van der Waals surface area contributed by atoms with Gasteiger partial charge in [0.2, 0.25) is 0 Å². The quantitative estimate of drug-likeness (QED) is 0.790. The standard InChI is InChI=1S/C10H9F3N2O/c11-10(12,13)6-15-5-7-3-1-2-4-8(7)14-9(15)16/h1-4H,5-6H2,(H,14,16). The summed E-state index contributed by atoms with van der Waals surface area (Å²) >= 11 is 0. The maximum Gasteiger partial charge on any atom is 0.406 e. The van der Waals surface area contributed by atoms with Gasteiger partial charge in [0.05, 0.1) is 0 Å². The van der Waals surface area contributed by atoms with E-state index in [9.17, 15) is 18.0 Å². The molecule has 0 saturated heterocycles. The Labute approximate surface area is 89.9 Å². The lowest BCUT2D eigenvalue weighted by atomic mass is 10.1. The lowest BCUT2D eigenvalue weighted by molar-refractivity contribution is -0.140. The summed E-state index contributed by atoms with van der Waals surface area (Å²) in [7, 11) is 0. The van der Waals surface area contributed by atoms with Crippen LogP contribution in [0.3, 0.4) is 0 Å². The largest absolute Gasteiger partial charge is 0.406 e. The van der Waals surface area contributed by atoms with Crippen LogP contribution in [0, 0.1) is 0 Å². The van der Waals surface area contributed by atoms with E-state index in [0.717, 1.165) is 4.90 Å². The normalized spacial score (nSPS) is 15.7. The maximum atomic E-state index is 12.2. The Morgan fingerprint density at radius 2 is 2.00 bits per heavy atom. The summed E-state index contributed by atoms with van der Waals surface area (Å²) in [6.07, 6.45) is -4.37. The molecule has 0 spiro atoms. The molecule has 2 amide bonds. The molecule has 2 rings (SSSR count). The molecule has 0 atom stereocenters. The minimum absolute atomic E-state index is 0.0124. The highest BCUT2D eigenvalue weighted by Gasteiger charge is 2.35. The van der Waals surface area contributed by atoms with E-state index in [2.05, 4.69) is 5.32 Å². The first-order valence-corrected chi connectivity index (χ1v) is 4.66. The van der Waals surface area contributed by atoms with E-state index < -0.39 is 18.8 Å². The number of benzene rings is 1. The van der Waals surface area contributed by atoms with Crippen molar-refractivity contribution in [1.82, 2.24) is 4.90 Å². The zero-order chi connectivity index (χ0) is 11.8. The number of anilines is 1. The van der Waals surface area contributed by atoms with E-state index in [1.165, 1.54) is 0 Å². The van der Waals surface area contributed by atoms with E-state index >= 15 is 0 Å². The molecule has 0 radical (unpaired) electrons. The van der Waals surface area contributed by atoms with Crippen LogP contribution in [0.5, 0.6) is 0 Å². The third kappa shape index (κ3) is 2.26. The van der Waals surface area contributed by atoms with Gasteiger partial charge in [-0.1, -0.05) is 18.2 Å². The number of alkyl halides is 3. The van der Waals surface area contributed by atoms with Crippen molar-refractivity contribution in [3.05, 3.63) is 29.8 Å². The van der Waals surface area contributed by atoms with Gasteiger partial charge < -0.3 is 10.2 Å². The molecule has 1 aliphatic heterocycles. The highest BCUT2D eigenvalue weighted by molar-refractivity contribution is 5.92. The molecule has 1 aromatic rings. The van der Waals surface area contributed by atoms with Gasteiger partial charge in [-0.15, -0.1) is 0 Å². The number of para-hydroxylation sites is 1. The Morgan fingerprint density at radius 1 is 1.31 bits per heavy atom. The Morgan fingerprint density at radius 3 is 2.69 bits per heavy atom. The number of fused-ring (bicyclic) bond motifs is 1. The number of amides is 2. The van der Waals surface area contributed by atoms with Crippen molar-refractivity contribution in [3.8, 4) is 0 Å². The van der Waals surface area contributed by atoms with Gasteiger partial charge in [-0.25, -0.2) is 4.79 Å². The summed E-state index contributed by atoms with van der Waals surface area (Å²) in [6.45, 7) is -1.24. The van der Waals surface area contributed by atoms with Crippen LogP contribution in [0.15, 0.2) is 24.3 Å². The van der Waals surface area contributed by atoms with E-state index in [4.69, 9.17) is 0 Å². The highest BCUT2D eigenvalue weighted by atomic mass is 19.4. The number of halogens is 3. The van der Waals surface area contributed by atoms with Gasteiger partial charge in [-0.05, 0) is 11.6 Å². The third-order valence-corrected chi connectivity index (χ3v) is 2.28. The van der Waals surface area contributed by atoms with Gasteiger partial charge in [0.1, 0.15) is 6.54 Å². The smallest absolute Gasteiger partial charge is 0.311 e. The fourth-order valence-corrected chi connectivity index (χ4v) is 1.60. The summed E-state index contributed by atoms with van der Waals surface area (Å²) in [4.78, 5) is 12.1. The predicted molar refractivity (Wildman–Crippen MR) is 51.9 cm³/mol. The molecule has 1 heterocycles. The molecule has 0 fully saturated rings. The number of urea groups is 1. The van der Waals surface area contributed by atoms with Crippen molar-refractivity contribution in [1.29, 1.82) is 0 Å². The summed E-state index contributed by atoms with van der Waals surface area (Å²) in [5.74, 6) is 0. The van der Waals surface area contributed by atoms with E-state index in [0.29, 0.717) is 11.3 Å². The Bertz CT molecular complexity index is 417. The number of hydrogen-bond donors (Lipinski definition) is 1. The minimum atomic E-state index is -4.37. The Balaban J connectivity index is 2.18. The van der Waals surface area contributed by atoms with E-state index in [1.807, 2.05) is 0 Å². The number of carbonyl (C=O) groups is 1. The van der Waals surface area contributed by atoms with Gasteiger partial charge in [-0.2, -0.15) is 13.2 Å². The lowest BCUT2D eigenvalue weighted by Crippen LogP contribution is -2.43. The van der Waals surface area contributed by atoms with Crippen LogP contribution in [0.2, 0.25) is 0 Å². The molecule has 16 heavy (non-hydrogen) atoms. The predicted octanol–water partition coefficient (Wildman–Crippen LogP) is 2.60. The first-order valence-electron chi connectivity index (χ1n) is 4.66. The molecule has 0 aliphatic carbocycles. The molecular formula is C10H9F3N2O. The molecule has 1 N–H and O–H groups in total. The molecule has 0 aromatic heterocycles. The van der Waals surface area contributed by atoms with Gasteiger partial charge in [0, 0.05) is 12.2 Å². The molecule has 6 heteroatoms. The van der Waals surface area contributed by atoms with Crippen LogP contribution < -0.4 is 5.32 Å². The van der Waals surface area contributed by atoms with Crippen molar-refractivity contribution in [2.75, 3.05) is 11.9 Å². The van der Waals surface area contributed by atoms with Crippen molar-refractivity contribution >= 4 is 11.7 Å². The number of carbonyl (C=O) groups excluding carboxylic acids is 1. The van der Waals surface area contributed by atoms with Crippen LogP contribution in [-0.2, 0) is 6.54 Å². The molecule has 0 saturated carbocycles. The summed E-state index contributed by atoms with van der Waals surface area (Å²) < 4.78 is 36.5. The maximum absolute atomic E-state index is 12.2. The fraction of sp³-hybridized carbons (Fsp3) is 0.300. The lowest BCUT2D eigenvalue weighted by Gasteiger charge is -2.29. The summed E-state index contributed by atoms with van der Waals surface area (Å²) in [5.41, 5.74) is 1.26.